The van der Waals surface area contributed by atoms with E-state index in [1.54, 1.807) is 31.2 Å². The number of rotatable bonds is 5. The Labute approximate surface area is 125 Å². The fourth-order valence-electron chi connectivity index (χ4n) is 2.21. The predicted octanol–water partition coefficient (Wildman–Crippen LogP) is 2.70. The molecule has 0 unspecified atom stereocenters. The van der Waals surface area contributed by atoms with Crippen molar-refractivity contribution in [1.29, 1.82) is 0 Å². The number of anilines is 1. The van der Waals surface area contributed by atoms with Crippen molar-refractivity contribution in [2.45, 2.75) is 25.3 Å². The minimum absolute atomic E-state index is 0.181. The van der Waals surface area contributed by atoms with Crippen molar-refractivity contribution in [3.05, 3.63) is 59.7 Å². The molecule has 2 aromatic carbocycles. The number of sulfonamides is 1. The molecule has 0 aliphatic carbocycles. The Morgan fingerprint density at radius 1 is 1.10 bits per heavy atom. The summed E-state index contributed by atoms with van der Waals surface area (Å²) in [5, 5.41) is 9.17. The molecule has 2 aromatic rings. The topological polar surface area (TPSA) is 57.6 Å². The third-order valence-electron chi connectivity index (χ3n) is 3.25. The SMILES string of the molecule is CCN(c1cccc(C)c1)S(=O)(=O)c1cccc(CO)c1. The highest BCUT2D eigenvalue weighted by atomic mass is 32.2. The summed E-state index contributed by atoms with van der Waals surface area (Å²) in [7, 11) is -3.63. The monoisotopic (exact) mass is 305 g/mol. The van der Waals surface area contributed by atoms with Gasteiger partial charge in [-0.15, -0.1) is 0 Å². The van der Waals surface area contributed by atoms with E-state index in [-0.39, 0.29) is 11.5 Å². The summed E-state index contributed by atoms with van der Waals surface area (Å²) >= 11 is 0. The van der Waals surface area contributed by atoms with Gasteiger partial charge in [0.05, 0.1) is 17.2 Å². The first-order valence-corrected chi connectivity index (χ1v) is 8.22. The van der Waals surface area contributed by atoms with Gasteiger partial charge in [-0.25, -0.2) is 8.42 Å². The Morgan fingerprint density at radius 3 is 2.43 bits per heavy atom. The van der Waals surface area contributed by atoms with Crippen LogP contribution in [0.4, 0.5) is 5.69 Å². The van der Waals surface area contributed by atoms with Gasteiger partial charge in [0.25, 0.3) is 10.0 Å². The summed E-state index contributed by atoms with van der Waals surface area (Å²) in [5.41, 5.74) is 2.23. The van der Waals surface area contributed by atoms with Gasteiger partial charge in [-0.2, -0.15) is 0 Å². The number of aliphatic hydroxyl groups is 1. The third-order valence-corrected chi connectivity index (χ3v) is 5.14. The van der Waals surface area contributed by atoms with Crippen LogP contribution in [0.15, 0.2) is 53.4 Å². The normalized spacial score (nSPS) is 11.4. The van der Waals surface area contributed by atoms with Crippen LogP contribution in [-0.2, 0) is 16.6 Å². The van der Waals surface area contributed by atoms with E-state index in [0.717, 1.165) is 5.56 Å². The van der Waals surface area contributed by atoms with E-state index in [4.69, 9.17) is 5.11 Å². The van der Waals surface area contributed by atoms with Gasteiger partial charge in [0.15, 0.2) is 0 Å². The zero-order chi connectivity index (χ0) is 15.5. The average Bonchev–Trinajstić information content (AvgIpc) is 2.48. The number of hydrogen-bond acceptors (Lipinski definition) is 3. The van der Waals surface area contributed by atoms with E-state index < -0.39 is 10.0 Å². The first-order valence-electron chi connectivity index (χ1n) is 6.78. The molecule has 0 spiro atoms. The van der Waals surface area contributed by atoms with Crippen LogP contribution in [0, 0.1) is 6.92 Å². The zero-order valence-electron chi connectivity index (χ0n) is 12.2. The van der Waals surface area contributed by atoms with Crippen molar-refractivity contribution in [3.63, 3.8) is 0 Å². The molecular weight excluding hydrogens is 286 g/mol. The molecule has 0 amide bonds. The van der Waals surface area contributed by atoms with E-state index in [0.29, 0.717) is 17.8 Å². The number of benzene rings is 2. The van der Waals surface area contributed by atoms with Gasteiger partial charge in [-0.3, -0.25) is 4.31 Å². The van der Waals surface area contributed by atoms with Crippen LogP contribution >= 0.6 is 0 Å². The number of hydrogen-bond donors (Lipinski definition) is 1. The largest absolute Gasteiger partial charge is 0.392 e. The lowest BCUT2D eigenvalue weighted by atomic mass is 10.2. The molecule has 0 heterocycles. The lowest BCUT2D eigenvalue weighted by Crippen LogP contribution is -2.30. The fraction of sp³-hybridized carbons (Fsp3) is 0.250. The molecule has 0 radical (unpaired) electrons. The van der Waals surface area contributed by atoms with Crippen molar-refractivity contribution in [1.82, 2.24) is 0 Å². The standard InChI is InChI=1S/C16H19NO3S/c1-3-17(15-8-4-6-13(2)10-15)21(19,20)16-9-5-7-14(11-16)12-18/h4-11,18H,3,12H2,1-2H3. The molecule has 5 heteroatoms. The van der Waals surface area contributed by atoms with E-state index >= 15 is 0 Å². The second kappa shape index (κ2) is 6.28. The van der Waals surface area contributed by atoms with Gasteiger partial charge in [-0.05, 0) is 49.2 Å². The maximum atomic E-state index is 12.8. The number of aryl methyl sites for hydroxylation is 1. The van der Waals surface area contributed by atoms with Gasteiger partial charge in [0.2, 0.25) is 0 Å². The van der Waals surface area contributed by atoms with Crippen molar-refractivity contribution in [2.75, 3.05) is 10.8 Å². The molecule has 1 N–H and O–H groups in total. The zero-order valence-corrected chi connectivity index (χ0v) is 13.0. The van der Waals surface area contributed by atoms with Crippen LogP contribution in [0.5, 0.6) is 0 Å². The molecule has 2 rings (SSSR count). The molecule has 0 saturated carbocycles. The highest BCUT2D eigenvalue weighted by Crippen LogP contribution is 2.24. The minimum atomic E-state index is -3.63. The van der Waals surface area contributed by atoms with Crippen molar-refractivity contribution < 1.29 is 13.5 Å². The molecule has 112 valence electrons. The Bertz CT molecular complexity index is 726. The third kappa shape index (κ3) is 3.25. The van der Waals surface area contributed by atoms with E-state index in [9.17, 15) is 8.42 Å². The molecule has 0 atom stereocenters. The van der Waals surface area contributed by atoms with Crippen molar-refractivity contribution >= 4 is 15.7 Å². The van der Waals surface area contributed by atoms with E-state index in [1.165, 1.54) is 10.4 Å². The smallest absolute Gasteiger partial charge is 0.264 e. The Balaban J connectivity index is 2.49. The number of nitrogens with zero attached hydrogens (tertiary/aromatic N) is 1. The van der Waals surface area contributed by atoms with Gasteiger partial charge >= 0.3 is 0 Å². The van der Waals surface area contributed by atoms with Crippen LogP contribution in [0.25, 0.3) is 0 Å². The molecule has 4 nitrogen and oxygen atoms in total. The maximum absolute atomic E-state index is 12.8. The molecule has 21 heavy (non-hydrogen) atoms. The van der Waals surface area contributed by atoms with Crippen LogP contribution in [-0.4, -0.2) is 20.1 Å². The first-order chi connectivity index (χ1) is 9.98. The highest BCUT2D eigenvalue weighted by molar-refractivity contribution is 7.92. The van der Waals surface area contributed by atoms with Gasteiger partial charge in [0, 0.05) is 6.54 Å². The minimum Gasteiger partial charge on any atom is -0.392 e. The maximum Gasteiger partial charge on any atom is 0.264 e. The number of aliphatic hydroxyl groups excluding tert-OH is 1. The van der Waals surface area contributed by atoms with Crippen molar-refractivity contribution in [3.8, 4) is 0 Å². The van der Waals surface area contributed by atoms with Crippen LogP contribution in [0.3, 0.4) is 0 Å². The van der Waals surface area contributed by atoms with Crippen LogP contribution in [0.2, 0.25) is 0 Å². The molecule has 0 saturated heterocycles. The molecule has 0 aliphatic rings. The van der Waals surface area contributed by atoms with Crippen LogP contribution in [0.1, 0.15) is 18.1 Å². The molecule has 0 fully saturated rings. The van der Waals surface area contributed by atoms with Gasteiger partial charge in [-0.1, -0.05) is 24.3 Å². The highest BCUT2D eigenvalue weighted by Gasteiger charge is 2.23. The Kier molecular flexibility index (Phi) is 4.65. The summed E-state index contributed by atoms with van der Waals surface area (Å²) in [6, 6.07) is 13.8. The quantitative estimate of drug-likeness (QED) is 0.924. The molecule has 0 aliphatic heterocycles. The van der Waals surface area contributed by atoms with Crippen molar-refractivity contribution in [2.24, 2.45) is 0 Å². The summed E-state index contributed by atoms with van der Waals surface area (Å²) < 4.78 is 26.9. The van der Waals surface area contributed by atoms with E-state index in [1.807, 2.05) is 25.1 Å². The summed E-state index contributed by atoms with van der Waals surface area (Å²) in [6.45, 7) is 3.89. The molecular formula is C16H19NO3S. The molecule has 0 aromatic heterocycles. The Hall–Kier alpha value is -1.85. The summed E-state index contributed by atoms with van der Waals surface area (Å²) in [5.74, 6) is 0. The van der Waals surface area contributed by atoms with E-state index in [2.05, 4.69) is 0 Å². The fourth-order valence-corrected chi connectivity index (χ4v) is 3.74. The summed E-state index contributed by atoms with van der Waals surface area (Å²) in [4.78, 5) is 0.192. The Morgan fingerprint density at radius 2 is 1.81 bits per heavy atom. The molecule has 0 bridgehead atoms. The van der Waals surface area contributed by atoms with Gasteiger partial charge in [0.1, 0.15) is 0 Å². The van der Waals surface area contributed by atoms with Crippen LogP contribution < -0.4 is 4.31 Å². The average molecular weight is 305 g/mol. The lowest BCUT2D eigenvalue weighted by molar-refractivity contribution is 0.281. The lowest BCUT2D eigenvalue weighted by Gasteiger charge is -2.23. The summed E-state index contributed by atoms with van der Waals surface area (Å²) in [6.07, 6.45) is 0. The predicted molar refractivity (Wildman–Crippen MR) is 83.7 cm³/mol. The first kappa shape index (κ1) is 15.5. The second-order valence-electron chi connectivity index (χ2n) is 4.81. The van der Waals surface area contributed by atoms with Gasteiger partial charge < -0.3 is 5.11 Å². The second-order valence-corrected chi connectivity index (χ2v) is 6.68.